The van der Waals surface area contributed by atoms with Crippen molar-refractivity contribution in [2.24, 2.45) is 4.99 Å². The zero-order valence-electron chi connectivity index (χ0n) is 66.2. The number of ether oxygens (including phenoxy) is 9. The number of hydrogen-bond acceptors (Lipinski definition) is 24. The second-order valence-electron chi connectivity index (χ2n) is 25.5. The first-order chi connectivity index (χ1) is 56.0. The maximum absolute atomic E-state index is 12.8. The van der Waals surface area contributed by atoms with E-state index in [1.807, 2.05) is 48.5 Å². The van der Waals surface area contributed by atoms with E-state index in [0.29, 0.717) is 5.57 Å². The van der Waals surface area contributed by atoms with Crippen LogP contribution in [0, 0.1) is 31.1 Å². The number of aliphatic imine (C=N–C) groups is 1. The predicted molar refractivity (Wildman–Crippen MR) is 434 cm³/mol. The molecule has 0 aliphatic rings. The summed E-state index contributed by atoms with van der Waals surface area (Å²) in [5.41, 5.74) is 9.45. The molecule has 8 aromatic carbocycles. The van der Waals surface area contributed by atoms with E-state index in [9.17, 15) is 68.4 Å². The molecule has 2 radical (unpaired) electrons. The number of amides is 2. The van der Waals surface area contributed by atoms with Crippen molar-refractivity contribution < 1.29 is 142 Å². The normalized spacial score (nSPS) is 10.2. The molecule has 28 heteroatoms. The van der Waals surface area contributed by atoms with E-state index < -0.39 is 65.8 Å². The van der Waals surface area contributed by atoms with Gasteiger partial charge >= 0.3 is 54.0 Å². The van der Waals surface area contributed by atoms with E-state index in [1.165, 1.54) is 33.8 Å². The van der Waals surface area contributed by atoms with E-state index in [-0.39, 0.29) is 178 Å². The maximum atomic E-state index is 12.8. The molecule has 606 valence electrons. The summed E-state index contributed by atoms with van der Waals surface area (Å²) in [6.07, 6.45) is 0.188. The number of benzene rings is 8. The standard InChI is InChI=1S/C56H60N2O16.C26H20O4.C7H9NO3.BH.U/c1-35(2)51(61)67-31-9-11-47(59)71-43-21-13-39(14-22-43)49(40-15-23-44(24-16-40)72-48(60)12-10-32-68-52(62)36(3)4)50(41-17-25-45(26-18-41)73-55(65)57-29-33-69-53(63)37(5)6)42-19-27-46(28-20-42)74-56(66)58-30-34-70-54(64)38(7)8;27-21-9-1-17(2-10-21)25(18-3-11-22(28)12-4-18)26(19-5-13-23(29)14-6-19)20-7-15-24(30)16-8-20;1-6(2)7(10)11-4-3-8-5-9;;/h13-28,49-50H,1,3,5,7,9-12,29-34H2,2,4,6,8H3,(H,57,65)(H,58,66);1-16,27-30H;1,3-4H2,2H3;1H;/i;;;1D;. The van der Waals surface area contributed by atoms with Gasteiger partial charge < -0.3 is 73.7 Å². The van der Waals surface area contributed by atoms with Crippen LogP contribution in [0.5, 0.6) is 46.0 Å². The van der Waals surface area contributed by atoms with Crippen LogP contribution in [0.2, 0.25) is 0 Å². The summed E-state index contributed by atoms with van der Waals surface area (Å²) in [4.78, 5) is 121. The molecule has 8 rings (SSSR count). The van der Waals surface area contributed by atoms with Crippen molar-refractivity contribution in [2.45, 2.75) is 72.1 Å². The molecular formula is C89H90BN3O23U. The minimum Gasteiger partial charge on any atom is -0.508 e. The number of nitrogens with one attached hydrogen (secondary N) is 2. The summed E-state index contributed by atoms with van der Waals surface area (Å²) in [7, 11) is 3.75. The third-order valence-electron chi connectivity index (χ3n) is 16.0. The van der Waals surface area contributed by atoms with Crippen molar-refractivity contribution in [3.63, 3.8) is 0 Å². The number of phenolic OH excluding ortho intramolecular Hbond substituents is 4. The van der Waals surface area contributed by atoms with E-state index >= 15 is 0 Å². The second-order valence-corrected chi connectivity index (χ2v) is 25.5. The van der Waals surface area contributed by atoms with Gasteiger partial charge in [0.05, 0.1) is 32.8 Å². The number of isocyanates is 1. The predicted octanol–water partition coefficient (Wildman–Crippen LogP) is 14.0. The molecule has 26 nitrogen and oxygen atoms in total. The molecule has 0 saturated heterocycles. The first-order valence-electron chi connectivity index (χ1n) is 36.4. The topological polar surface area (TPSA) is 371 Å². The monoisotopic (exact) mass is 1820 g/mol. The Labute approximate surface area is 704 Å². The number of carbonyl (C=O) groups excluding carboxylic acids is 10. The molecule has 0 saturated carbocycles. The number of carbonyl (C=O) groups is 9. The molecule has 0 atom stereocenters. The van der Waals surface area contributed by atoms with Gasteiger partial charge in [-0.3, -0.25) is 9.59 Å². The summed E-state index contributed by atoms with van der Waals surface area (Å²) >= 11 is 0. The van der Waals surface area contributed by atoms with Gasteiger partial charge in [0.15, 0.2) is 0 Å². The second kappa shape index (κ2) is 50.1. The fourth-order valence-electron chi connectivity index (χ4n) is 10.4. The van der Waals surface area contributed by atoms with Gasteiger partial charge in [0.2, 0.25) is 6.08 Å². The van der Waals surface area contributed by atoms with Gasteiger partial charge in [0.1, 0.15) is 65.8 Å². The summed E-state index contributed by atoms with van der Waals surface area (Å²) in [5.74, 6) is -3.35. The quantitative estimate of drug-likeness (QED) is 0.00247. The van der Waals surface area contributed by atoms with Crippen LogP contribution in [0.3, 0.4) is 0 Å². The van der Waals surface area contributed by atoms with Gasteiger partial charge in [-0.15, -0.1) is 0 Å². The van der Waals surface area contributed by atoms with Crippen LogP contribution in [0.15, 0.2) is 260 Å². The smallest absolute Gasteiger partial charge is 0.412 e. The summed E-state index contributed by atoms with van der Waals surface area (Å²) in [6, 6.07) is 55.0. The first kappa shape index (κ1) is 94.3. The van der Waals surface area contributed by atoms with Gasteiger partial charge in [-0.25, -0.2) is 43.3 Å². The Morgan fingerprint density at radius 3 is 0.838 bits per heavy atom. The van der Waals surface area contributed by atoms with Crippen molar-refractivity contribution in [3.8, 4) is 46.0 Å². The number of hydrogen-bond donors (Lipinski definition) is 6. The molecule has 0 fully saturated rings. The number of phenols is 4. The Hall–Kier alpha value is -13.3. The first-order valence-corrected chi connectivity index (χ1v) is 35.8. The molecule has 0 bridgehead atoms. The number of nitrogens with zero attached hydrogens (tertiary/aromatic N) is 1. The Balaban J connectivity index is 0.000000539. The zero-order valence-corrected chi connectivity index (χ0v) is 69.4. The van der Waals surface area contributed by atoms with Crippen LogP contribution in [0.25, 0.3) is 11.1 Å². The van der Waals surface area contributed by atoms with Crippen LogP contribution >= 0.6 is 0 Å². The zero-order chi connectivity index (χ0) is 85.9. The third-order valence-corrected chi connectivity index (χ3v) is 16.0. The minimum absolute atomic E-state index is 0. The van der Waals surface area contributed by atoms with E-state index in [4.69, 9.17) is 39.2 Å². The molecule has 117 heavy (non-hydrogen) atoms. The molecule has 0 unspecified atom stereocenters. The van der Waals surface area contributed by atoms with E-state index in [0.717, 1.165) is 55.7 Å². The summed E-state index contributed by atoms with van der Waals surface area (Å²) < 4.78 is 52.3. The fraction of sp³-hybridized carbons (Fsp3) is 0.213. The molecule has 6 N–H and O–H groups in total. The molecule has 2 amide bonds. The molecular weight excluding hydrogens is 1730 g/mol. The molecule has 0 heterocycles. The summed E-state index contributed by atoms with van der Waals surface area (Å²) in [6.45, 7) is 25.2. The molecule has 0 aliphatic carbocycles. The Bertz CT molecular complexity index is 4280. The Morgan fingerprint density at radius 1 is 0.368 bits per heavy atom. The van der Waals surface area contributed by atoms with Gasteiger partial charge in [0, 0.05) is 92.0 Å². The molecule has 0 spiro atoms. The minimum atomic E-state index is -0.787. The van der Waals surface area contributed by atoms with Crippen LogP contribution in [-0.4, -0.2) is 143 Å². The van der Waals surface area contributed by atoms with Gasteiger partial charge in [0.25, 0.3) is 0 Å². The average molecular weight is 1820 g/mol. The average Bonchev–Trinajstić information content (AvgIpc) is 0.786. The SMILES string of the molecule is C=C(C)C(=O)OCCCC(=O)Oc1ccc(C(c2ccc(OC(=O)CCCOC(=O)C(=C)C)cc2)C(c2ccc(OC(=O)NCCOC(=O)C(=C)C)cc2)c2ccc(OC(=O)NCCOC(=O)C(=C)C)cc2)cc1.C=C(C)C(=O)OCCN=C=O.Oc1ccc(C(=C(c2ccc(O)cc2)c2ccc(O)cc2)c2ccc(O)cc2)cc1.[2H][B].[U]. The Morgan fingerprint density at radius 2 is 0.598 bits per heavy atom. The van der Waals surface area contributed by atoms with Crippen LogP contribution in [0.1, 0.15) is 117 Å². The third kappa shape index (κ3) is 33.4. The van der Waals surface area contributed by atoms with E-state index in [1.54, 1.807) is 153 Å². The molecule has 0 aromatic heterocycles. The van der Waals surface area contributed by atoms with Crippen LogP contribution in [-0.2, 0) is 62.0 Å². The summed E-state index contributed by atoms with van der Waals surface area (Å²) in [5, 5.41) is 44.2. The van der Waals surface area contributed by atoms with Gasteiger partial charge in [-0.1, -0.05) is 130 Å². The van der Waals surface area contributed by atoms with Crippen molar-refractivity contribution >= 4 is 79.6 Å². The van der Waals surface area contributed by atoms with Crippen molar-refractivity contribution in [1.29, 1.82) is 1.34 Å². The number of aromatic hydroxyl groups is 4. The van der Waals surface area contributed by atoms with Crippen molar-refractivity contribution in [2.75, 3.05) is 52.7 Å². The van der Waals surface area contributed by atoms with Crippen molar-refractivity contribution in [3.05, 3.63) is 299 Å². The van der Waals surface area contributed by atoms with E-state index in [2.05, 4.69) is 61.6 Å². The Kier molecular flexibility index (Phi) is 40.4. The number of esters is 7. The van der Waals surface area contributed by atoms with Crippen LogP contribution in [0.4, 0.5) is 9.59 Å². The van der Waals surface area contributed by atoms with Gasteiger partial charge in [-0.2, -0.15) is 0 Å². The number of rotatable bonds is 35. The molecule has 8 aromatic rings. The van der Waals surface area contributed by atoms with Crippen LogP contribution < -0.4 is 29.6 Å². The largest absolute Gasteiger partial charge is 0.508 e. The van der Waals surface area contributed by atoms with Crippen molar-refractivity contribution in [1.82, 2.24) is 10.6 Å². The molecule has 0 aliphatic heterocycles. The fourth-order valence-corrected chi connectivity index (χ4v) is 10.4. The maximum Gasteiger partial charge on any atom is 0.412 e. The van der Waals surface area contributed by atoms with Gasteiger partial charge in [-0.05, 0) is 202 Å².